The highest BCUT2D eigenvalue weighted by Gasteiger charge is 2.28. The molecule has 2 aromatic carbocycles. The van der Waals surface area contributed by atoms with E-state index in [9.17, 15) is 9.59 Å². The predicted octanol–water partition coefficient (Wildman–Crippen LogP) is 5.95. The zero-order valence-electron chi connectivity index (χ0n) is 17.7. The lowest BCUT2D eigenvalue weighted by atomic mass is 9.95. The van der Waals surface area contributed by atoms with Crippen molar-refractivity contribution in [2.75, 3.05) is 5.75 Å². The molecule has 0 spiro atoms. The summed E-state index contributed by atoms with van der Waals surface area (Å²) in [5, 5.41) is 4.39. The van der Waals surface area contributed by atoms with Crippen LogP contribution in [0.2, 0.25) is 10.0 Å². The molecular weight excluding hydrogens is 451 g/mol. The number of halogens is 2. The number of hydrogen-bond acceptors (Lipinski definition) is 3. The molecule has 3 rings (SSSR count). The summed E-state index contributed by atoms with van der Waals surface area (Å²) in [4.78, 5) is 28.8. The largest absolute Gasteiger partial charge is 0.352 e. The van der Waals surface area contributed by atoms with Gasteiger partial charge in [0.25, 0.3) is 0 Å². The van der Waals surface area contributed by atoms with Crippen LogP contribution in [0.15, 0.2) is 53.4 Å². The van der Waals surface area contributed by atoms with Gasteiger partial charge in [0.15, 0.2) is 0 Å². The van der Waals surface area contributed by atoms with Gasteiger partial charge in [0.1, 0.15) is 6.04 Å². The summed E-state index contributed by atoms with van der Waals surface area (Å²) >= 11 is 13.7. The van der Waals surface area contributed by atoms with Gasteiger partial charge >= 0.3 is 0 Å². The molecule has 4 nitrogen and oxygen atoms in total. The topological polar surface area (TPSA) is 49.4 Å². The molecule has 0 saturated heterocycles. The van der Waals surface area contributed by atoms with Crippen LogP contribution in [-0.4, -0.2) is 34.6 Å². The fourth-order valence-corrected chi connectivity index (χ4v) is 4.83. The minimum absolute atomic E-state index is 0.105. The van der Waals surface area contributed by atoms with Gasteiger partial charge in [-0.3, -0.25) is 9.59 Å². The highest BCUT2D eigenvalue weighted by molar-refractivity contribution is 8.00. The van der Waals surface area contributed by atoms with E-state index in [-0.39, 0.29) is 23.6 Å². The molecule has 1 N–H and O–H groups in total. The first-order valence-electron chi connectivity index (χ1n) is 10.7. The molecule has 2 aromatic rings. The van der Waals surface area contributed by atoms with E-state index < -0.39 is 6.04 Å². The van der Waals surface area contributed by atoms with Crippen molar-refractivity contribution in [2.24, 2.45) is 0 Å². The molecule has 1 atom stereocenters. The molecule has 1 aliphatic rings. The highest BCUT2D eigenvalue weighted by Crippen LogP contribution is 2.24. The molecule has 1 saturated carbocycles. The second kappa shape index (κ2) is 11.8. The van der Waals surface area contributed by atoms with Gasteiger partial charge in [-0.1, -0.05) is 60.7 Å². The van der Waals surface area contributed by atoms with E-state index >= 15 is 0 Å². The SMILES string of the molecule is C[C@@H](C(=O)NC1CCCCC1)N(Cc1ccccc1Cl)C(=O)CSc1ccc(Cl)cc1. The number of nitrogens with one attached hydrogen (secondary N) is 1. The van der Waals surface area contributed by atoms with E-state index in [0.29, 0.717) is 16.6 Å². The Bertz CT molecular complexity index is 885. The van der Waals surface area contributed by atoms with Crippen LogP contribution in [0, 0.1) is 0 Å². The summed E-state index contributed by atoms with van der Waals surface area (Å²) in [5.74, 6) is 0.0163. The second-order valence-corrected chi connectivity index (χ2v) is 9.77. The van der Waals surface area contributed by atoms with Crippen LogP contribution in [0.25, 0.3) is 0 Å². The summed E-state index contributed by atoms with van der Waals surface area (Å²) < 4.78 is 0. The molecular formula is C24H28Cl2N2O2S. The van der Waals surface area contributed by atoms with Crippen LogP contribution >= 0.6 is 35.0 Å². The Balaban J connectivity index is 1.71. The fourth-order valence-electron chi connectivity index (χ4n) is 3.72. The summed E-state index contributed by atoms with van der Waals surface area (Å²) in [5.41, 5.74) is 0.825. The van der Waals surface area contributed by atoms with E-state index in [4.69, 9.17) is 23.2 Å². The van der Waals surface area contributed by atoms with Crippen molar-refractivity contribution in [2.45, 2.75) is 62.6 Å². The fraction of sp³-hybridized carbons (Fsp3) is 0.417. The number of nitrogens with zero attached hydrogens (tertiary/aromatic N) is 1. The minimum atomic E-state index is -0.587. The summed E-state index contributed by atoms with van der Waals surface area (Å²) in [7, 11) is 0. The zero-order valence-corrected chi connectivity index (χ0v) is 20.0. The van der Waals surface area contributed by atoms with Crippen LogP contribution in [0.4, 0.5) is 0 Å². The maximum atomic E-state index is 13.2. The second-order valence-electron chi connectivity index (χ2n) is 7.88. The van der Waals surface area contributed by atoms with Crippen molar-refractivity contribution in [1.82, 2.24) is 10.2 Å². The maximum absolute atomic E-state index is 13.2. The average Bonchev–Trinajstić information content (AvgIpc) is 2.78. The third-order valence-electron chi connectivity index (χ3n) is 5.59. The van der Waals surface area contributed by atoms with Crippen molar-refractivity contribution in [3.63, 3.8) is 0 Å². The Morgan fingerprint density at radius 2 is 1.74 bits per heavy atom. The van der Waals surface area contributed by atoms with Crippen molar-refractivity contribution < 1.29 is 9.59 Å². The van der Waals surface area contributed by atoms with Gasteiger partial charge < -0.3 is 10.2 Å². The number of hydrogen-bond donors (Lipinski definition) is 1. The monoisotopic (exact) mass is 478 g/mol. The Hall–Kier alpha value is -1.69. The van der Waals surface area contributed by atoms with Gasteiger partial charge in [-0.15, -0.1) is 11.8 Å². The Labute approximate surface area is 198 Å². The zero-order chi connectivity index (χ0) is 22.2. The number of thioether (sulfide) groups is 1. The van der Waals surface area contributed by atoms with E-state index in [1.54, 1.807) is 30.0 Å². The molecule has 0 bridgehead atoms. The highest BCUT2D eigenvalue weighted by atomic mass is 35.5. The third-order valence-corrected chi connectivity index (χ3v) is 7.21. The lowest BCUT2D eigenvalue weighted by Crippen LogP contribution is -2.50. The molecule has 31 heavy (non-hydrogen) atoms. The van der Waals surface area contributed by atoms with Crippen LogP contribution in [0.5, 0.6) is 0 Å². The van der Waals surface area contributed by atoms with Crippen molar-refractivity contribution in [1.29, 1.82) is 0 Å². The van der Waals surface area contributed by atoms with Gasteiger partial charge in [-0.25, -0.2) is 0 Å². The molecule has 1 aliphatic carbocycles. The lowest BCUT2D eigenvalue weighted by Gasteiger charge is -2.31. The molecule has 2 amide bonds. The quantitative estimate of drug-likeness (QED) is 0.476. The molecule has 0 aliphatic heterocycles. The summed E-state index contributed by atoms with van der Waals surface area (Å²) in [6, 6.07) is 14.4. The number of carbonyl (C=O) groups is 2. The summed E-state index contributed by atoms with van der Waals surface area (Å²) in [6.45, 7) is 2.08. The van der Waals surface area contributed by atoms with Crippen LogP contribution in [0.3, 0.4) is 0 Å². The van der Waals surface area contributed by atoms with Gasteiger partial charge in [-0.2, -0.15) is 0 Å². The van der Waals surface area contributed by atoms with E-state index in [0.717, 1.165) is 36.1 Å². The van der Waals surface area contributed by atoms with Crippen LogP contribution in [0.1, 0.15) is 44.6 Å². The van der Waals surface area contributed by atoms with Gasteiger partial charge in [0.2, 0.25) is 11.8 Å². The number of benzene rings is 2. The first-order chi connectivity index (χ1) is 14.9. The Morgan fingerprint density at radius 1 is 1.06 bits per heavy atom. The molecule has 166 valence electrons. The molecule has 0 radical (unpaired) electrons. The molecule has 0 unspecified atom stereocenters. The molecule has 7 heteroatoms. The number of amides is 2. The standard InChI is InChI=1S/C24H28Cl2N2O2S/c1-17(24(30)27-20-8-3-2-4-9-20)28(15-18-7-5-6-10-22(18)26)23(29)16-31-21-13-11-19(25)12-14-21/h5-7,10-14,17,20H,2-4,8-9,15-16H2,1H3,(H,27,30)/t17-/m0/s1. The molecule has 1 fully saturated rings. The van der Waals surface area contributed by atoms with Crippen molar-refractivity contribution >= 4 is 46.8 Å². The van der Waals surface area contributed by atoms with Gasteiger partial charge in [0, 0.05) is 27.5 Å². The van der Waals surface area contributed by atoms with E-state index in [1.807, 2.05) is 30.3 Å². The van der Waals surface area contributed by atoms with Crippen molar-refractivity contribution in [3.05, 3.63) is 64.1 Å². The van der Waals surface area contributed by atoms with Crippen molar-refractivity contribution in [3.8, 4) is 0 Å². The summed E-state index contributed by atoms with van der Waals surface area (Å²) in [6.07, 6.45) is 5.51. The Morgan fingerprint density at radius 3 is 2.42 bits per heavy atom. The number of carbonyl (C=O) groups excluding carboxylic acids is 2. The van der Waals surface area contributed by atoms with E-state index in [2.05, 4.69) is 5.32 Å². The number of rotatable bonds is 8. The molecule has 0 heterocycles. The van der Waals surface area contributed by atoms with Gasteiger partial charge in [-0.05, 0) is 55.7 Å². The predicted molar refractivity (Wildman–Crippen MR) is 129 cm³/mol. The minimum Gasteiger partial charge on any atom is -0.352 e. The smallest absolute Gasteiger partial charge is 0.242 e. The van der Waals surface area contributed by atoms with Crippen LogP contribution < -0.4 is 5.32 Å². The lowest BCUT2D eigenvalue weighted by molar-refractivity contribution is -0.139. The van der Waals surface area contributed by atoms with Gasteiger partial charge in [0.05, 0.1) is 5.75 Å². The van der Waals surface area contributed by atoms with Crippen LogP contribution in [-0.2, 0) is 16.1 Å². The maximum Gasteiger partial charge on any atom is 0.242 e. The average molecular weight is 479 g/mol. The first-order valence-corrected chi connectivity index (χ1v) is 12.4. The normalized spacial score (nSPS) is 15.3. The third kappa shape index (κ3) is 7.16. The first kappa shape index (κ1) is 24.0. The Kier molecular flexibility index (Phi) is 9.12. The van der Waals surface area contributed by atoms with E-state index in [1.165, 1.54) is 18.2 Å². The molecule has 0 aromatic heterocycles.